The Kier molecular flexibility index (Phi) is 4.06. The third-order valence-electron chi connectivity index (χ3n) is 3.35. The maximum Gasteiger partial charge on any atom is 0.122 e. The molecule has 1 aliphatic rings. The van der Waals surface area contributed by atoms with Gasteiger partial charge >= 0.3 is 0 Å². The summed E-state index contributed by atoms with van der Waals surface area (Å²) in [5.74, 6) is 7.57. The van der Waals surface area contributed by atoms with Crippen LogP contribution < -0.4 is 10.1 Å². The molecule has 0 aromatic heterocycles. The van der Waals surface area contributed by atoms with E-state index in [4.69, 9.17) is 4.74 Å². The van der Waals surface area contributed by atoms with E-state index in [0.717, 1.165) is 25.2 Å². The third-order valence-corrected chi connectivity index (χ3v) is 3.35. The van der Waals surface area contributed by atoms with E-state index in [-0.39, 0.29) is 0 Å². The number of hydrogen-bond donors (Lipinski definition) is 1. The second-order valence-electron chi connectivity index (χ2n) is 4.32. The summed E-state index contributed by atoms with van der Waals surface area (Å²) in [5, 5.41) is 3.40. The molecule has 2 unspecified atom stereocenters. The number of nitrogens with one attached hydrogen (secondary N) is 1. The lowest BCUT2D eigenvalue weighted by Gasteiger charge is -2.21. The molecule has 0 amide bonds. The van der Waals surface area contributed by atoms with Crippen LogP contribution in [0.15, 0.2) is 24.3 Å². The molecule has 0 saturated carbocycles. The van der Waals surface area contributed by atoms with E-state index in [1.165, 1.54) is 5.56 Å². The first-order chi connectivity index (χ1) is 8.36. The molecule has 1 aromatic carbocycles. The van der Waals surface area contributed by atoms with Gasteiger partial charge < -0.3 is 10.1 Å². The van der Waals surface area contributed by atoms with Gasteiger partial charge in [0.2, 0.25) is 0 Å². The maximum atomic E-state index is 5.72. The fraction of sp³-hybridized carbons (Fsp3) is 0.467. The van der Waals surface area contributed by atoms with Crippen molar-refractivity contribution in [2.75, 3.05) is 13.7 Å². The molecule has 0 aliphatic carbocycles. The summed E-state index contributed by atoms with van der Waals surface area (Å²) in [5.41, 5.74) is 1.33. The molecule has 0 saturated heterocycles. The Morgan fingerprint density at radius 3 is 3.06 bits per heavy atom. The Bertz CT molecular complexity index is 430. The molecule has 90 valence electrons. The number of para-hydroxylation sites is 1. The van der Waals surface area contributed by atoms with Crippen LogP contribution in [0.1, 0.15) is 31.2 Å². The predicted octanol–water partition coefficient (Wildman–Crippen LogP) is 2.55. The molecule has 0 spiro atoms. The molecule has 1 aliphatic heterocycles. The van der Waals surface area contributed by atoms with E-state index in [1.54, 1.807) is 0 Å². The molecule has 2 atom stereocenters. The molecule has 0 fully saturated rings. The largest absolute Gasteiger partial charge is 0.493 e. The molecule has 1 aromatic rings. The minimum Gasteiger partial charge on any atom is -0.493 e. The summed E-state index contributed by atoms with van der Waals surface area (Å²) in [4.78, 5) is 0. The molecule has 1 heterocycles. The van der Waals surface area contributed by atoms with Crippen molar-refractivity contribution >= 4 is 0 Å². The van der Waals surface area contributed by atoms with Gasteiger partial charge in [0, 0.05) is 23.9 Å². The normalized spacial score (nSPS) is 18.8. The molecule has 17 heavy (non-hydrogen) atoms. The van der Waals surface area contributed by atoms with E-state index < -0.39 is 0 Å². The SMILES string of the molecule is CC#CCCC(NC)C1COc2ccccc21. The molecule has 1 N–H and O–H groups in total. The molecule has 0 radical (unpaired) electrons. The van der Waals surface area contributed by atoms with E-state index in [9.17, 15) is 0 Å². The molecular weight excluding hydrogens is 210 g/mol. The third kappa shape index (κ3) is 2.62. The first-order valence-corrected chi connectivity index (χ1v) is 6.15. The first-order valence-electron chi connectivity index (χ1n) is 6.15. The summed E-state index contributed by atoms with van der Waals surface area (Å²) in [6, 6.07) is 8.77. The van der Waals surface area contributed by atoms with Gasteiger partial charge in [-0.2, -0.15) is 0 Å². The van der Waals surface area contributed by atoms with Gasteiger partial charge in [-0.3, -0.25) is 0 Å². The lowest BCUT2D eigenvalue weighted by Crippen LogP contribution is -2.32. The highest BCUT2D eigenvalue weighted by Crippen LogP contribution is 2.36. The van der Waals surface area contributed by atoms with Crippen LogP contribution >= 0.6 is 0 Å². The van der Waals surface area contributed by atoms with Crippen LogP contribution in [0.5, 0.6) is 5.75 Å². The fourth-order valence-electron chi connectivity index (χ4n) is 2.42. The van der Waals surface area contributed by atoms with Crippen molar-refractivity contribution in [3.05, 3.63) is 29.8 Å². The second kappa shape index (κ2) is 5.75. The van der Waals surface area contributed by atoms with Crippen LogP contribution in [-0.4, -0.2) is 19.7 Å². The van der Waals surface area contributed by atoms with Gasteiger partial charge in [0.25, 0.3) is 0 Å². The summed E-state index contributed by atoms with van der Waals surface area (Å²) in [6.07, 6.45) is 2.01. The van der Waals surface area contributed by atoms with Gasteiger partial charge in [0.05, 0.1) is 6.61 Å². The highest BCUT2D eigenvalue weighted by Gasteiger charge is 2.29. The Morgan fingerprint density at radius 2 is 2.29 bits per heavy atom. The van der Waals surface area contributed by atoms with Crippen molar-refractivity contribution in [2.24, 2.45) is 0 Å². The smallest absolute Gasteiger partial charge is 0.122 e. The lowest BCUT2D eigenvalue weighted by atomic mass is 9.90. The molecule has 0 bridgehead atoms. The minimum atomic E-state index is 0.444. The molecule has 2 nitrogen and oxygen atoms in total. The molecule has 2 heteroatoms. The molecular formula is C15H19NO. The van der Waals surface area contributed by atoms with E-state index in [1.807, 2.05) is 26.1 Å². The van der Waals surface area contributed by atoms with Gasteiger partial charge in [-0.1, -0.05) is 18.2 Å². The molecule has 2 rings (SSSR count). The summed E-state index contributed by atoms with van der Waals surface area (Å²) in [6.45, 7) is 2.67. The van der Waals surface area contributed by atoms with Crippen LogP contribution in [0.2, 0.25) is 0 Å². The minimum absolute atomic E-state index is 0.444. The van der Waals surface area contributed by atoms with Gasteiger partial charge in [0.1, 0.15) is 5.75 Å². The summed E-state index contributed by atoms with van der Waals surface area (Å²) < 4.78 is 5.72. The highest BCUT2D eigenvalue weighted by molar-refractivity contribution is 5.40. The van der Waals surface area contributed by atoms with E-state index >= 15 is 0 Å². The predicted molar refractivity (Wildman–Crippen MR) is 70.2 cm³/mol. The number of ether oxygens (including phenoxy) is 1. The number of fused-ring (bicyclic) bond motifs is 1. The Hall–Kier alpha value is -1.46. The zero-order valence-electron chi connectivity index (χ0n) is 10.5. The number of hydrogen-bond acceptors (Lipinski definition) is 2. The second-order valence-corrected chi connectivity index (χ2v) is 4.32. The Morgan fingerprint density at radius 1 is 1.47 bits per heavy atom. The summed E-state index contributed by atoms with van der Waals surface area (Å²) in [7, 11) is 2.02. The van der Waals surface area contributed by atoms with Crippen LogP contribution in [0.25, 0.3) is 0 Å². The van der Waals surface area contributed by atoms with Crippen molar-refractivity contribution in [3.63, 3.8) is 0 Å². The number of likely N-dealkylation sites (N-methyl/N-ethyl adjacent to an activating group) is 1. The quantitative estimate of drug-likeness (QED) is 0.801. The van der Waals surface area contributed by atoms with Gasteiger partial charge in [0.15, 0.2) is 0 Å². The van der Waals surface area contributed by atoms with Gasteiger partial charge in [-0.15, -0.1) is 11.8 Å². The standard InChI is InChI=1S/C15H19NO/c1-3-4-5-9-14(16-2)13-11-17-15-10-7-6-8-12(13)15/h6-8,10,13-14,16H,5,9,11H2,1-2H3. The zero-order valence-corrected chi connectivity index (χ0v) is 10.5. The van der Waals surface area contributed by atoms with Crippen molar-refractivity contribution in [1.82, 2.24) is 5.32 Å². The highest BCUT2D eigenvalue weighted by atomic mass is 16.5. The van der Waals surface area contributed by atoms with E-state index in [2.05, 4.69) is 29.3 Å². The Balaban J connectivity index is 2.08. The number of rotatable bonds is 4. The monoisotopic (exact) mass is 229 g/mol. The summed E-state index contributed by atoms with van der Waals surface area (Å²) >= 11 is 0. The average molecular weight is 229 g/mol. The number of benzene rings is 1. The van der Waals surface area contributed by atoms with Crippen molar-refractivity contribution in [1.29, 1.82) is 0 Å². The van der Waals surface area contributed by atoms with Crippen LogP contribution in [0.3, 0.4) is 0 Å². The lowest BCUT2D eigenvalue weighted by molar-refractivity contribution is 0.298. The first kappa shape index (κ1) is 12.0. The topological polar surface area (TPSA) is 21.3 Å². The van der Waals surface area contributed by atoms with Crippen LogP contribution in [0.4, 0.5) is 0 Å². The van der Waals surface area contributed by atoms with Crippen molar-refractivity contribution in [3.8, 4) is 17.6 Å². The maximum absolute atomic E-state index is 5.72. The van der Waals surface area contributed by atoms with Crippen molar-refractivity contribution < 1.29 is 4.74 Å². The van der Waals surface area contributed by atoms with Gasteiger partial charge in [-0.05, 0) is 26.5 Å². The van der Waals surface area contributed by atoms with Crippen molar-refractivity contribution in [2.45, 2.75) is 31.7 Å². The zero-order chi connectivity index (χ0) is 12.1. The van der Waals surface area contributed by atoms with Crippen LogP contribution in [-0.2, 0) is 0 Å². The fourth-order valence-corrected chi connectivity index (χ4v) is 2.42. The average Bonchev–Trinajstić information content (AvgIpc) is 2.79. The van der Waals surface area contributed by atoms with Crippen LogP contribution in [0, 0.1) is 11.8 Å². The van der Waals surface area contributed by atoms with Gasteiger partial charge in [-0.25, -0.2) is 0 Å². The Labute approximate surface area is 103 Å². The van der Waals surface area contributed by atoms with E-state index in [0.29, 0.717) is 12.0 Å².